The molecule has 0 saturated heterocycles. The molecule has 0 atom stereocenters. The molecule has 1 rings (SSSR count). The van der Waals surface area contributed by atoms with Gasteiger partial charge in [0.05, 0.1) is 10.9 Å². The van der Waals surface area contributed by atoms with Gasteiger partial charge in [0.15, 0.2) is 18.2 Å². The summed E-state index contributed by atoms with van der Waals surface area (Å²) < 4.78 is 1.90. The molecule has 12 heavy (non-hydrogen) atoms. The lowest BCUT2D eigenvalue weighted by molar-refractivity contribution is -0.674. The largest absolute Gasteiger partial charge is 0.293 e. The zero-order valence-corrected chi connectivity index (χ0v) is 9.51. The van der Waals surface area contributed by atoms with Gasteiger partial charge < -0.3 is 0 Å². The minimum Gasteiger partial charge on any atom is -0.293 e. The first kappa shape index (κ1) is 9.86. The van der Waals surface area contributed by atoms with Crippen molar-refractivity contribution in [2.24, 2.45) is 0 Å². The number of ketones is 1. The van der Waals surface area contributed by atoms with Crippen LogP contribution in [0.1, 0.15) is 10.4 Å². The van der Waals surface area contributed by atoms with E-state index in [0.717, 1.165) is 5.56 Å². The van der Waals surface area contributed by atoms with Crippen LogP contribution in [-0.4, -0.2) is 11.1 Å². The van der Waals surface area contributed by atoms with Crippen LogP contribution in [0.3, 0.4) is 0 Å². The number of nitrogens with zero attached hydrogens (tertiary/aromatic N) is 1. The predicted molar refractivity (Wildman–Crippen MR) is 53.7 cm³/mol. The second kappa shape index (κ2) is 4.72. The summed E-state index contributed by atoms with van der Waals surface area (Å²) in [5, 5.41) is 0.374. The van der Waals surface area contributed by atoms with Crippen molar-refractivity contribution in [1.29, 1.82) is 0 Å². The Balaban J connectivity index is 2.93. The number of pyridine rings is 1. The van der Waals surface area contributed by atoms with E-state index >= 15 is 0 Å². The van der Waals surface area contributed by atoms with E-state index in [1.165, 1.54) is 0 Å². The summed E-state index contributed by atoms with van der Waals surface area (Å²) >= 11 is 6.43. The Hall–Kier alpha value is -0.220. The molecule has 1 aromatic heterocycles. The number of aromatic nitrogens is 1. The molecule has 1 aromatic rings. The molecular formula is C8H8Br2NO+. The molecule has 0 bridgehead atoms. The predicted octanol–water partition coefficient (Wildman–Crippen LogP) is 1.90. The molecule has 0 aliphatic heterocycles. The van der Waals surface area contributed by atoms with Gasteiger partial charge in [-0.05, 0) is 22.0 Å². The highest BCUT2D eigenvalue weighted by Crippen LogP contribution is 1.99. The summed E-state index contributed by atoms with van der Waals surface area (Å²) in [6.45, 7) is 0. The van der Waals surface area contributed by atoms with Gasteiger partial charge in [-0.3, -0.25) is 4.79 Å². The minimum atomic E-state index is 0.102. The first-order valence-corrected chi connectivity index (χ1v) is 5.66. The van der Waals surface area contributed by atoms with Crippen molar-refractivity contribution in [2.45, 2.75) is 5.45 Å². The van der Waals surface area contributed by atoms with Crippen LogP contribution in [0, 0.1) is 0 Å². The second-order valence-electron chi connectivity index (χ2n) is 2.28. The van der Waals surface area contributed by atoms with Crippen molar-refractivity contribution in [2.75, 3.05) is 5.33 Å². The lowest BCUT2D eigenvalue weighted by Crippen LogP contribution is -2.30. The van der Waals surface area contributed by atoms with Crippen LogP contribution in [-0.2, 0) is 5.45 Å². The number of rotatable bonds is 3. The Labute approximate surface area is 87.9 Å². The van der Waals surface area contributed by atoms with Crippen molar-refractivity contribution < 1.29 is 9.36 Å². The zero-order valence-electron chi connectivity index (χ0n) is 6.34. The van der Waals surface area contributed by atoms with E-state index in [-0.39, 0.29) is 5.78 Å². The molecule has 0 fully saturated rings. The number of carbonyl (C=O) groups excluding carboxylic acids is 1. The second-order valence-corrected chi connectivity index (χ2v) is 3.35. The van der Waals surface area contributed by atoms with E-state index in [1.807, 2.05) is 29.1 Å². The normalized spacial score (nSPS) is 9.83. The average molecular weight is 294 g/mol. The van der Waals surface area contributed by atoms with E-state index in [1.54, 1.807) is 0 Å². The van der Waals surface area contributed by atoms with Gasteiger partial charge in [-0.2, -0.15) is 4.57 Å². The van der Waals surface area contributed by atoms with Gasteiger partial charge in [-0.1, -0.05) is 15.9 Å². The molecule has 64 valence electrons. The molecule has 0 unspecified atom stereocenters. The van der Waals surface area contributed by atoms with Gasteiger partial charge >= 0.3 is 0 Å². The Morgan fingerprint density at radius 1 is 1.50 bits per heavy atom. The summed E-state index contributed by atoms with van der Waals surface area (Å²) in [7, 11) is 0. The van der Waals surface area contributed by atoms with E-state index < -0.39 is 0 Å². The van der Waals surface area contributed by atoms with Gasteiger partial charge in [0.25, 0.3) is 0 Å². The molecule has 0 aliphatic carbocycles. The van der Waals surface area contributed by atoms with Crippen LogP contribution in [0.4, 0.5) is 0 Å². The van der Waals surface area contributed by atoms with Gasteiger partial charge in [0, 0.05) is 6.07 Å². The third-order valence-corrected chi connectivity index (χ3v) is 2.53. The maximum Gasteiger partial charge on any atom is 0.202 e. The first-order valence-electron chi connectivity index (χ1n) is 3.42. The summed E-state index contributed by atoms with van der Waals surface area (Å²) in [5.74, 6) is 0.102. The maximum absolute atomic E-state index is 11.2. The van der Waals surface area contributed by atoms with Crippen LogP contribution < -0.4 is 4.57 Å². The summed E-state index contributed by atoms with van der Waals surface area (Å²) in [6, 6.07) is 3.67. The van der Waals surface area contributed by atoms with E-state index in [4.69, 9.17) is 0 Å². The molecule has 4 heteroatoms. The standard InChI is InChI=1S/C8H8Br2NO/c9-4-8(12)7-2-1-3-11(5-7)6-10/h1-3,5H,4,6H2/q+1. The highest BCUT2D eigenvalue weighted by molar-refractivity contribution is 9.09. The topological polar surface area (TPSA) is 20.9 Å². The Morgan fingerprint density at radius 2 is 2.25 bits per heavy atom. The quantitative estimate of drug-likeness (QED) is 0.474. The third-order valence-electron chi connectivity index (χ3n) is 1.44. The fourth-order valence-corrected chi connectivity index (χ4v) is 1.47. The summed E-state index contributed by atoms with van der Waals surface area (Å²) in [5.41, 5.74) is 1.44. The van der Waals surface area contributed by atoms with Gasteiger partial charge in [-0.15, -0.1) is 0 Å². The molecule has 0 amide bonds. The number of hydrogen-bond donors (Lipinski definition) is 0. The van der Waals surface area contributed by atoms with E-state index in [2.05, 4.69) is 31.9 Å². The molecular weight excluding hydrogens is 286 g/mol. The van der Waals surface area contributed by atoms with Crippen molar-refractivity contribution >= 4 is 37.6 Å². The summed E-state index contributed by atoms with van der Waals surface area (Å²) in [6.07, 6.45) is 3.72. The summed E-state index contributed by atoms with van der Waals surface area (Å²) in [4.78, 5) is 11.2. The zero-order chi connectivity index (χ0) is 8.97. The van der Waals surface area contributed by atoms with E-state index in [0.29, 0.717) is 10.8 Å². The molecule has 0 radical (unpaired) electrons. The van der Waals surface area contributed by atoms with Gasteiger partial charge in [0.2, 0.25) is 5.45 Å². The van der Waals surface area contributed by atoms with Crippen LogP contribution in [0.25, 0.3) is 0 Å². The number of hydrogen-bond acceptors (Lipinski definition) is 1. The molecule has 0 aliphatic rings. The fraction of sp³-hybridized carbons (Fsp3) is 0.250. The van der Waals surface area contributed by atoms with Crippen LogP contribution in [0.15, 0.2) is 24.5 Å². The monoisotopic (exact) mass is 292 g/mol. The van der Waals surface area contributed by atoms with E-state index in [9.17, 15) is 4.79 Å². The molecule has 0 spiro atoms. The van der Waals surface area contributed by atoms with Crippen LogP contribution in [0.5, 0.6) is 0 Å². The lowest BCUT2D eigenvalue weighted by atomic mass is 10.2. The molecule has 1 heterocycles. The molecule has 0 N–H and O–H groups in total. The minimum absolute atomic E-state index is 0.102. The van der Waals surface area contributed by atoms with Crippen LogP contribution in [0.2, 0.25) is 0 Å². The van der Waals surface area contributed by atoms with Crippen molar-refractivity contribution in [3.05, 3.63) is 30.1 Å². The number of halogens is 2. The highest BCUT2D eigenvalue weighted by atomic mass is 79.9. The maximum atomic E-state index is 11.2. The van der Waals surface area contributed by atoms with Gasteiger partial charge in [-0.25, -0.2) is 0 Å². The Morgan fingerprint density at radius 3 is 2.83 bits per heavy atom. The van der Waals surface area contributed by atoms with Gasteiger partial charge in [0.1, 0.15) is 0 Å². The number of Topliss-reactive ketones (excluding diaryl/α,β-unsaturated/α-hetero) is 1. The smallest absolute Gasteiger partial charge is 0.202 e. The van der Waals surface area contributed by atoms with Crippen LogP contribution >= 0.6 is 31.9 Å². The molecule has 2 nitrogen and oxygen atoms in total. The number of alkyl halides is 2. The Bertz CT molecular complexity index is 288. The number of carbonyl (C=O) groups is 1. The lowest BCUT2D eigenvalue weighted by Gasteiger charge is -1.94. The Kier molecular flexibility index (Phi) is 3.88. The SMILES string of the molecule is O=C(CBr)c1ccc[n+](CBr)c1. The third kappa shape index (κ3) is 2.38. The average Bonchev–Trinajstić information content (AvgIpc) is 2.17. The highest BCUT2D eigenvalue weighted by Gasteiger charge is 2.07. The molecule has 0 saturated carbocycles. The fourth-order valence-electron chi connectivity index (χ4n) is 0.838. The van der Waals surface area contributed by atoms with Crippen molar-refractivity contribution in [3.8, 4) is 0 Å². The van der Waals surface area contributed by atoms with Crippen molar-refractivity contribution in [1.82, 2.24) is 0 Å². The molecule has 0 aromatic carbocycles. The first-order chi connectivity index (χ1) is 5.77. The van der Waals surface area contributed by atoms with Crippen molar-refractivity contribution in [3.63, 3.8) is 0 Å².